The molecule has 0 aromatic heterocycles. The molecule has 1 aromatic rings. The molecule has 0 amide bonds. The molecule has 0 bridgehead atoms. The van der Waals surface area contributed by atoms with Crippen LogP contribution in [0.15, 0.2) is 12.1 Å². The Morgan fingerprint density at radius 3 is 2.38 bits per heavy atom. The van der Waals surface area contributed by atoms with Crippen LogP contribution < -0.4 is 5.32 Å². The van der Waals surface area contributed by atoms with E-state index in [9.17, 15) is 8.78 Å². The average Bonchev–Trinajstić information content (AvgIpc) is 2.50. The molecule has 21 heavy (non-hydrogen) atoms. The first kappa shape index (κ1) is 16.4. The first-order chi connectivity index (χ1) is 10.1. The number of hydrogen-bond donors (Lipinski definition) is 1. The SMILES string of the molecule is CCCC1CCC(C(NC)c2ccc(C)c(F)c2F)CC1. The Kier molecular flexibility index (Phi) is 5.74. The monoisotopic (exact) mass is 295 g/mol. The quantitative estimate of drug-likeness (QED) is 0.793. The molecule has 0 radical (unpaired) electrons. The zero-order valence-corrected chi connectivity index (χ0v) is 13.4. The van der Waals surface area contributed by atoms with E-state index in [-0.39, 0.29) is 6.04 Å². The van der Waals surface area contributed by atoms with Gasteiger partial charge in [0, 0.05) is 11.6 Å². The summed E-state index contributed by atoms with van der Waals surface area (Å²) in [5.41, 5.74) is 0.859. The Morgan fingerprint density at radius 2 is 1.81 bits per heavy atom. The van der Waals surface area contributed by atoms with Gasteiger partial charge in [-0.3, -0.25) is 0 Å². The second-order valence-electron chi connectivity index (χ2n) is 6.44. The lowest BCUT2D eigenvalue weighted by atomic mass is 9.75. The molecule has 0 heterocycles. The minimum atomic E-state index is -0.701. The highest BCUT2D eigenvalue weighted by Gasteiger charge is 2.29. The van der Waals surface area contributed by atoms with Crippen molar-refractivity contribution in [2.45, 2.75) is 58.4 Å². The largest absolute Gasteiger partial charge is 0.313 e. The molecule has 1 atom stereocenters. The van der Waals surface area contributed by atoms with Crippen LogP contribution in [0, 0.1) is 30.4 Å². The van der Waals surface area contributed by atoms with Crippen molar-refractivity contribution in [3.8, 4) is 0 Å². The van der Waals surface area contributed by atoms with Crippen LogP contribution in [0.1, 0.15) is 62.6 Å². The lowest BCUT2D eigenvalue weighted by molar-refractivity contribution is 0.216. The second-order valence-corrected chi connectivity index (χ2v) is 6.44. The third-order valence-electron chi connectivity index (χ3n) is 5.01. The molecule has 1 fully saturated rings. The number of hydrogen-bond acceptors (Lipinski definition) is 1. The Bertz CT molecular complexity index is 465. The van der Waals surface area contributed by atoms with Gasteiger partial charge in [0.05, 0.1) is 0 Å². The molecule has 3 heteroatoms. The van der Waals surface area contributed by atoms with Gasteiger partial charge in [-0.1, -0.05) is 44.7 Å². The molecule has 1 saturated carbocycles. The van der Waals surface area contributed by atoms with Crippen molar-refractivity contribution in [1.82, 2.24) is 5.32 Å². The van der Waals surface area contributed by atoms with E-state index in [0.717, 1.165) is 18.8 Å². The predicted octanol–water partition coefficient (Wildman–Crippen LogP) is 5.14. The van der Waals surface area contributed by atoms with Gasteiger partial charge in [-0.25, -0.2) is 8.78 Å². The van der Waals surface area contributed by atoms with Crippen LogP contribution in [0.5, 0.6) is 0 Å². The van der Waals surface area contributed by atoms with E-state index in [2.05, 4.69) is 12.2 Å². The van der Waals surface area contributed by atoms with Gasteiger partial charge in [0.25, 0.3) is 0 Å². The van der Waals surface area contributed by atoms with Gasteiger partial charge in [-0.05, 0) is 44.2 Å². The maximum Gasteiger partial charge on any atom is 0.163 e. The van der Waals surface area contributed by atoms with Crippen molar-refractivity contribution in [3.63, 3.8) is 0 Å². The maximum absolute atomic E-state index is 14.2. The fourth-order valence-electron chi connectivity index (χ4n) is 3.76. The van der Waals surface area contributed by atoms with E-state index in [1.807, 2.05) is 7.05 Å². The van der Waals surface area contributed by atoms with Crippen molar-refractivity contribution in [2.24, 2.45) is 11.8 Å². The topological polar surface area (TPSA) is 12.0 Å². The third-order valence-corrected chi connectivity index (χ3v) is 5.01. The number of nitrogens with one attached hydrogen (secondary N) is 1. The lowest BCUT2D eigenvalue weighted by Crippen LogP contribution is -2.29. The molecule has 2 rings (SSSR count). The molecule has 0 spiro atoms. The molecular formula is C18H27F2N. The van der Waals surface area contributed by atoms with Gasteiger partial charge in [0.2, 0.25) is 0 Å². The highest BCUT2D eigenvalue weighted by atomic mass is 19.2. The number of benzene rings is 1. The van der Waals surface area contributed by atoms with Crippen LogP contribution in [-0.4, -0.2) is 7.05 Å². The molecule has 1 aromatic carbocycles. The molecule has 1 nitrogen and oxygen atoms in total. The smallest absolute Gasteiger partial charge is 0.163 e. The molecule has 1 aliphatic carbocycles. The standard InChI is InChI=1S/C18H27F2N/c1-4-5-13-7-9-14(10-8-13)18(21-3)15-11-6-12(2)16(19)17(15)20/h6,11,13-14,18,21H,4-5,7-10H2,1-3H3. The fraction of sp³-hybridized carbons (Fsp3) is 0.667. The van der Waals surface area contributed by atoms with Crippen LogP contribution >= 0.6 is 0 Å². The zero-order valence-electron chi connectivity index (χ0n) is 13.4. The summed E-state index contributed by atoms with van der Waals surface area (Å²) < 4.78 is 28.1. The van der Waals surface area contributed by atoms with Crippen molar-refractivity contribution >= 4 is 0 Å². The lowest BCUT2D eigenvalue weighted by Gasteiger charge is -2.34. The molecule has 118 valence electrons. The predicted molar refractivity (Wildman–Crippen MR) is 83.3 cm³/mol. The Morgan fingerprint density at radius 1 is 1.14 bits per heavy atom. The number of rotatable bonds is 5. The van der Waals surface area contributed by atoms with E-state index >= 15 is 0 Å². The Hall–Kier alpha value is -0.960. The van der Waals surface area contributed by atoms with E-state index in [4.69, 9.17) is 0 Å². The summed E-state index contributed by atoms with van der Waals surface area (Å²) in [5.74, 6) is -0.152. The zero-order chi connectivity index (χ0) is 15.4. The molecule has 1 N–H and O–H groups in total. The van der Waals surface area contributed by atoms with Gasteiger partial charge in [-0.15, -0.1) is 0 Å². The fourth-order valence-corrected chi connectivity index (χ4v) is 3.76. The highest BCUT2D eigenvalue weighted by Crippen LogP contribution is 2.39. The molecular weight excluding hydrogens is 268 g/mol. The van der Waals surface area contributed by atoms with E-state index in [0.29, 0.717) is 17.0 Å². The maximum atomic E-state index is 14.2. The van der Waals surface area contributed by atoms with E-state index < -0.39 is 11.6 Å². The molecule has 1 unspecified atom stereocenters. The summed E-state index contributed by atoms with van der Waals surface area (Å²) in [6.45, 7) is 3.83. The van der Waals surface area contributed by atoms with E-state index in [1.54, 1.807) is 19.1 Å². The van der Waals surface area contributed by atoms with Crippen LogP contribution in [0.4, 0.5) is 8.78 Å². The van der Waals surface area contributed by atoms with Crippen molar-refractivity contribution in [1.29, 1.82) is 0 Å². The summed E-state index contributed by atoms with van der Waals surface area (Å²) in [6.07, 6.45) is 7.17. The van der Waals surface area contributed by atoms with Crippen molar-refractivity contribution in [3.05, 3.63) is 34.9 Å². The van der Waals surface area contributed by atoms with Crippen LogP contribution in [-0.2, 0) is 0 Å². The summed E-state index contributed by atoms with van der Waals surface area (Å²) in [5, 5.41) is 3.22. The summed E-state index contributed by atoms with van der Waals surface area (Å²) in [4.78, 5) is 0. The minimum absolute atomic E-state index is 0.0809. The van der Waals surface area contributed by atoms with Gasteiger partial charge < -0.3 is 5.32 Å². The first-order valence-electron chi connectivity index (χ1n) is 8.20. The average molecular weight is 295 g/mol. The van der Waals surface area contributed by atoms with E-state index in [1.165, 1.54) is 25.7 Å². The normalized spacial score (nSPS) is 24.0. The highest BCUT2D eigenvalue weighted by molar-refractivity contribution is 5.28. The Balaban J connectivity index is 2.12. The van der Waals surface area contributed by atoms with Crippen LogP contribution in [0.3, 0.4) is 0 Å². The third kappa shape index (κ3) is 3.63. The van der Waals surface area contributed by atoms with Crippen molar-refractivity contribution in [2.75, 3.05) is 7.05 Å². The number of halogens is 2. The van der Waals surface area contributed by atoms with Crippen LogP contribution in [0.2, 0.25) is 0 Å². The number of aryl methyl sites for hydroxylation is 1. The van der Waals surface area contributed by atoms with Gasteiger partial charge in [0.15, 0.2) is 11.6 Å². The van der Waals surface area contributed by atoms with Gasteiger partial charge >= 0.3 is 0 Å². The first-order valence-corrected chi connectivity index (χ1v) is 8.20. The minimum Gasteiger partial charge on any atom is -0.313 e. The Labute approximate surface area is 127 Å². The van der Waals surface area contributed by atoms with Crippen LogP contribution in [0.25, 0.3) is 0 Å². The summed E-state index contributed by atoms with van der Waals surface area (Å²) >= 11 is 0. The van der Waals surface area contributed by atoms with Gasteiger partial charge in [-0.2, -0.15) is 0 Å². The molecule has 1 aliphatic rings. The molecule has 0 saturated heterocycles. The van der Waals surface area contributed by atoms with Crippen molar-refractivity contribution < 1.29 is 8.78 Å². The second kappa shape index (κ2) is 7.35. The molecule has 0 aliphatic heterocycles. The summed E-state index contributed by atoms with van der Waals surface area (Å²) in [6, 6.07) is 3.34. The van der Waals surface area contributed by atoms with Gasteiger partial charge in [0.1, 0.15) is 0 Å². The summed E-state index contributed by atoms with van der Waals surface area (Å²) in [7, 11) is 1.85.